The van der Waals surface area contributed by atoms with Crippen molar-refractivity contribution >= 4 is 16.1 Å². The molecule has 0 amide bonds. The Morgan fingerprint density at radius 2 is 1.35 bits per heavy atom. The fraction of sp³-hybridized carbons (Fsp3) is 1.00. The highest BCUT2D eigenvalue weighted by Gasteiger charge is 2.14. The highest BCUT2D eigenvalue weighted by molar-refractivity contribution is 7.38. The lowest BCUT2D eigenvalue weighted by atomic mass is 10.3. The third kappa shape index (κ3) is 12.2. The molecule has 0 saturated carbocycles. The minimum atomic E-state index is -2.16. The first-order chi connectivity index (χ1) is 7.91. The van der Waals surface area contributed by atoms with Crippen LogP contribution in [0.25, 0.3) is 0 Å². The second kappa shape index (κ2) is 9.97. The average Bonchev–Trinajstić information content (AvgIpc) is 2.23. The molecule has 0 aromatic heterocycles. The van der Waals surface area contributed by atoms with Gasteiger partial charge in [0.05, 0.1) is 13.2 Å². The molecule has 0 heterocycles. The summed E-state index contributed by atoms with van der Waals surface area (Å²) >= 11 is 0. The van der Waals surface area contributed by atoms with Crippen LogP contribution in [-0.2, 0) is 13.9 Å². The molecular formula is C8H20N2O5P2+2. The Labute approximate surface area is 103 Å². The lowest BCUT2D eigenvalue weighted by Crippen LogP contribution is -2.34. The van der Waals surface area contributed by atoms with E-state index < -0.39 is 16.1 Å². The Hall–Kier alpha value is -0.0000000000000000763. The van der Waals surface area contributed by atoms with E-state index in [1.165, 1.54) is 0 Å². The van der Waals surface area contributed by atoms with Crippen molar-refractivity contribution in [2.24, 2.45) is 0 Å². The fourth-order valence-corrected chi connectivity index (χ4v) is 1.94. The molecule has 0 aliphatic carbocycles. The molecule has 0 radical (unpaired) electrons. The molecule has 0 saturated heterocycles. The van der Waals surface area contributed by atoms with Crippen LogP contribution >= 0.6 is 16.1 Å². The lowest BCUT2D eigenvalue weighted by molar-refractivity contribution is 0.101. The monoisotopic (exact) mass is 286 g/mol. The zero-order chi connectivity index (χ0) is 13.3. The van der Waals surface area contributed by atoms with Gasteiger partial charge in [-0.15, -0.1) is 0 Å². The number of rotatable bonds is 10. The molecule has 4 atom stereocenters. The maximum atomic E-state index is 10.4. The molecule has 0 rings (SSSR count). The van der Waals surface area contributed by atoms with Gasteiger partial charge in [-0.05, 0) is 23.0 Å². The molecule has 0 aromatic rings. The standard InChI is InChI=1S/C8H18N2O5P2/c1-7(9-5-16(11)12)3-15-4-8(2)10-6-17(13)14/h7-10H,3-6H2,1-2H3/p+2. The van der Waals surface area contributed by atoms with E-state index in [2.05, 4.69) is 10.6 Å². The van der Waals surface area contributed by atoms with Crippen molar-refractivity contribution in [1.29, 1.82) is 0 Å². The fourth-order valence-electron chi connectivity index (χ4n) is 1.01. The summed E-state index contributed by atoms with van der Waals surface area (Å²) in [5.74, 6) is 0. The van der Waals surface area contributed by atoms with Crippen molar-refractivity contribution in [3.05, 3.63) is 0 Å². The van der Waals surface area contributed by atoms with Gasteiger partial charge in [-0.1, -0.05) is 0 Å². The summed E-state index contributed by atoms with van der Waals surface area (Å²) in [7, 11) is -4.33. The minimum Gasteiger partial charge on any atom is -0.378 e. The molecular weight excluding hydrogens is 266 g/mol. The van der Waals surface area contributed by atoms with Crippen LogP contribution in [0.15, 0.2) is 0 Å². The molecule has 17 heavy (non-hydrogen) atoms. The van der Waals surface area contributed by atoms with Crippen molar-refractivity contribution in [3.63, 3.8) is 0 Å². The topological polar surface area (TPSA) is 108 Å². The summed E-state index contributed by atoms with van der Waals surface area (Å²) in [5, 5.41) is 5.68. The first-order valence-corrected chi connectivity index (χ1v) is 8.03. The van der Waals surface area contributed by atoms with Crippen LogP contribution in [0.3, 0.4) is 0 Å². The van der Waals surface area contributed by atoms with Crippen LogP contribution in [0.4, 0.5) is 0 Å². The van der Waals surface area contributed by atoms with Crippen LogP contribution in [-0.4, -0.2) is 47.7 Å². The number of hydrogen-bond acceptors (Lipinski definition) is 5. The van der Waals surface area contributed by atoms with Crippen molar-refractivity contribution < 1.29 is 23.7 Å². The smallest absolute Gasteiger partial charge is 0.378 e. The Morgan fingerprint density at radius 1 is 1.00 bits per heavy atom. The van der Waals surface area contributed by atoms with E-state index >= 15 is 0 Å². The van der Waals surface area contributed by atoms with Crippen LogP contribution in [0.2, 0.25) is 0 Å². The maximum Gasteiger partial charge on any atom is 0.521 e. The van der Waals surface area contributed by atoms with E-state index in [-0.39, 0.29) is 24.7 Å². The van der Waals surface area contributed by atoms with Crippen LogP contribution in [0.1, 0.15) is 13.8 Å². The molecule has 100 valence electrons. The summed E-state index contributed by atoms with van der Waals surface area (Å²) in [6.45, 7) is 4.53. The van der Waals surface area contributed by atoms with E-state index in [0.29, 0.717) is 13.2 Å². The molecule has 0 fully saturated rings. The van der Waals surface area contributed by atoms with Gasteiger partial charge in [-0.3, -0.25) is 10.6 Å². The Bertz CT molecular complexity index is 230. The Kier molecular flexibility index (Phi) is 9.97. The predicted octanol–water partition coefficient (Wildman–Crippen LogP) is 0.344. The van der Waals surface area contributed by atoms with E-state index in [0.717, 1.165) is 0 Å². The minimum absolute atomic E-state index is 0.0113. The quantitative estimate of drug-likeness (QED) is 0.429. The van der Waals surface area contributed by atoms with Crippen molar-refractivity contribution in [1.82, 2.24) is 10.6 Å². The van der Waals surface area contributed by atoms with Gasteiger partial charge in [0.25, 0.3) is 0 Å². The zero-order valence-electron chi connectivity index (χ0n) is 10.00. The summed E-state index contributed by atoms with van der Waals surface area (Å²) < 4.78 is 26.2. The van der Waals surface area contributed by atoms with Gasteiger partial charge in [-0.2, -0.15) is 9.79 Å². The van der Waals surface area contributed by atoms with E-state index in [4.69, 9.17) is 14.5 Å². The molecule has 4 unspecified atom stereocenters. The third-order valence-corrected chi connectivity index (χ3v) is 2.79. The van der Waals surface area contributed by atoms with E-state index in [1.807, 2.05) is 13.8 Å². The first kappa shape index (κ1) is 17.0. The predicted molar refractivity (Wildman–Crippen MR) is 65.4 cm³/mol. The lowest BCUT2D eigenvalue weighted by Gasteiger charge is -2.14. The van der Waals surface area contributed by atoms with Crippen molar-refractivity contribution in [2.75, 3.05) is 25.8 Å². The second-order valence-corrected chi connectivity index (χ2v) is 5.81. The zero-order valence-corrected chi connectivity index (χ0v) is 11.8. The highest BCUT2D eigenvalue weighted by Crippen LogP contribution is 2.09. The molecule has 0 bridgehead atoms. The van der Waals surface area contributed by atoms with Gasteiger partial charge in [-0.25, -0.2) is 0 Å². The molecule has 0 spiro atoms. The number of nitrogens with one attached hydrogen (secondary N) is 2. The SMILES string of the molecule is CC(COCC(C)NC[P+](=O)O)NC[P+](=O)O. The normalized spacial score (nSPS) is 16.5. The van der Waals surface area contributed by atoms with Gasteiger partial charge >= 0.3 is 16.1 Å². The van der Waals surface area contributed by atoms with Gasteiger partial charge < -0.3 is 4.74 Å². The molecule has 4 N–H and O–H groups in total. The molecule has 0 aliphatic rings. The van der Waals surface area contributed by atoms with Crippen molar-refractivity contribution in [2.45, 2.75) is 25.9 Å². The Morgan fingerprint density at radius 3 is 1.65 bits per heavy atom. The molecule has 7 nitrogen and oxygen atoms in total. The molecule has 9 heteroatoms. The summed E-state index contributed by atoms with van der Waals surface area (Å²) in [6.07, 6.45) is 0.108. The van der Waals surface area contributed by atoms with Crippen LogP contribution in [0, 0.1) is 0 Å². The third-order valence-electron chi connectivity index (χ3n) is 1.89. The first-order valence-electron chi connectivity index (χ1n) is 5.23. The van der Waals surface area contributed by atoms with E-state index in [1.54, 1.807) is 0 Å². The molecule has 0 aliphatic heterocycles. The second-order valence-electron chi connectivity index (χ2n) is 3.77. The average molecular weight is 286 g/mol. The van der Waals surface area contributed by atoms with Gasteiger partial charge in [0.15, 0.2) is 0 Å². The largest absolute Gasteiger partial charge is 0.521 e. The van der Waals surface area contributed by atoms with Gasteiger partial charge in [0, 0.05) is 12.1 Å². The van der Waals surface area contributed by atoms with Gasteiger partial charge in [0.1, 0.15) is 0 Å². The maximum absolute atomic E-state index is 10.4. The van der Waals surface area contributed by atoms with Crippen molar-refractivity contribution in [3.8, 4) is 0 Å². The number of ether oxygens (including phenoxy) is 1. The summed E-state index contributed by atoms with van der Waals surface area (Å²) in [6, 6.07) is -0.0226. The van der Waals surface area contributed by atoms with Crippen LogP contribution < -0.4 is 10.6 Å². The van der Waals surface area contributed by atoms with Crippen LogP contribution in [0.5, 0.6) is 0 Å². The summed E-state index contributed by atoms with van der Waals surface area (Å²) in [4.78, 5) is 17.2. The molecule has 0 aromatic carbocycles. The van der Waals surface area contributed by atoms with E-state index in [9.17, 15) is 9.13 Å². The summed E-state index contributed by atoms with van der Waals surface area (Å²) in [5.41, 5.74) is 0. The highest BCUT2D eigenvalue weighted by atomic mass is 31.1. The Balaban J connectivity index is 3.48. The van der Waals surface area contributed by atoms with Gasteiger partial charge in [0.2, 0.25) is 12.6 Å². The number of hydrogen-bond donors (Lipinski definition) is 4.